The Morgan fingerprint density at radius 1 is 1.30 bits per heavy atom. The minimum Gasteiger partial charge on any atom is -0.481 e. The van der Waals surface area contributed by atoms with Gasteiger partial charge in [-0.25, -0.2) is 9.67 Å². The highest BCUT2D eigenvalue weighted by Crippen LogP contribution is 2.26. The Bertz CT molecular complexity index is 742. The SMILES string of the molecule is Cc1cc(-n2cncn2)ccc1C(=O)N1C[C@@H](C)[C@H](C(=O)O)C1. The van der Waals surface area contributed by atoms with Crippen LogP contribution in [0.5, 0.6) is 0 Å². The van der Waals surface area contributed by atoms with Crippen molar-refractivity contribution in [1.29, 1.82) is 0 Å². The summed E-state index contributed by atoms with van der Waals surface area (Å²) >= 11 is 0. The van der Waals surface area contributed by atoms with Gasteiger partial charge in [0, 0.05) is 18.7 Å². The second-order valence-corrected chi connectivity index (χ2v) is 5.97. The van der Waals surface area contributed by atoms with Crippen LogP contribution in [0, 0.1) is 18.8 Å². The molecular weight excluding hydrogens is 296 g/mol. The van der Waals surface area contributed by atoms with Crippen LogP contribution in [0.15, 0.2) is 30.9 Å². The Morgan fingerprint density at radius 3 is 2.65 bits per heavy atom. The summed E-state index contributed by atoms with van der Waals surface area (Å²) in [5.41, 5.74) is 2.25. The number of amides is 1. The molecule has 1 aromatic heterocycles. The summed E-state index contributed by atoms with van der Waals surface area (Å²) in [6, 6.07) is 5.44. The van der Waals surface area contributed by atoms with Gasteiger partial charge in [0.25, 0.3) is 5.91 Å². The first-order valence-corrected chi connectivity index (χ1v) is 7.45. The molecule has 1 aliphatic heterocycles. The van der Waals surface area contributed by atoms with Crippen LogP contribution in [0.2, 0.25) is 0 Å². The number of nitrogens with zero attached hydrogens (tertiary/aromatic N) is 4. The zero-order valence-corrected chi connectivity index (χ0v) is 13.0. The molecule has 2 aromatic rings. The van der Waals surface area contributed by atoms with Gasteiger partial charge in [-0.3, -0.25) is 9.59 Å². The van der Waals surface area contributed by atoms with Crippen molar-refractivity contribution in [3.63, 3.8) is 0 Å². The molecule has 120 valence electrons. The molecule has 23 heavy (non-hydrogen) atoms. The second-order valence-electron chi connectivity index (χ2n) is 5.97. The average molecular weight is 314 g/mol. The van der Waals surface area contributed by atoms with Crippen molar-refractivity contribution in [2.45, 2.75) is 13.8 Å². The van der Waals surface area contributed by atoms with E-state index in [4.69, 9.17) is 0 Å². The lowest BCUT2D eigenvalue weighted by Crippen LogP contribution is -2.30. The van der Waals surface area contributed by atoms with Gasteiger partial charge >= 0.3 is 5.97 Å². The lowest BCUT2D eigenvalue weighted by Gasteiger charge is -2.17. The van der Waals surface area contributed by atoms with Gasteiger partial charge < -0.3 is 10.0 Å². The molecular formula is C16H18N4O3. The molecule has 0 bridgehead atoms. The summed E-state index contributed by atoms with van der Waals surface area (Å²) in [5.74, 6) is -1.49. The molecule has 3 rings (SSSR count). The quantitative estimate of drug-likeness (QED) is 0.924. The molecule has 0 saturated carbocycles. The van der Waals surface area contributed by atoms with E-state index < -0.39 is 11.9 Å². The van der Waals surface area contributed by atoms with Gasteiger partial charge in [-0.05, 0) is 36.6 Å². The summed E-state index contributed by atoms with van der Waals surface area (Å²) in [5, 5.41) is 13.3. The number of aryl methyl sites for hydroxylation is 1. The van der Waals surface area contributed by atoms with E-state index in [0.29, 0.717) is 12.1 Å². The molecule has 1 fully saturated rings. The monoisotopic (exact) mass is 314 g/mol. The third-order valence-corrected chi connectivity index (χ3v) is 4.34. The fraction of sp³-hybridized carbons (Fsp3) is 0.375. The lowest BCUT2D eigenvalue weighted by atomic mass is 9.99. The molecule has 0 radical (unpaired) electrons. The van der Waals surface area contributed by atoms with Crippen molar-refractivity contribution in [1.82, 2.24) is 19.7 Å². The normalized spacial score (nSPS) is 20.7. The Kier molecular flexibility index (Phi) is 3.85. The summed E-state index contributed by atoms with van der Waals surface area (Å²) in [6.45, 7) is 4.47. The zero-order valence-electron chi connectivity index (χ0n) is 13.0. The number of likely N-dealkylation sites (tertiary alicyclic amines) is 1. The van der Waals surface area contributed by atoms with Crippen LogP contribution in [0.1, 0.15) is 22.8 Å². The number of benzene rings is 1. The van der Waals surface area contributed by atoms with E-state index >= 15 is 0 Å². The van der Waals surface area contributed by atoms with Crippen molar-refractivity contribution in [2.75, 3.05) is 13.1 Å². The average Bonchev–Trinajstić information content (AvgIpc) is 3.15. The fourth-order valence-corrected chi connectivity index (χ4v) is 3.00. The number of rotatable bonds is 3. The summed E-state index contributed by atoms with van der Waals surface area (Å²) in [7, 11) is 0. The number of carboxylic acid groups (broad SMARTS) is 1. The molecule has 1 aliphatic rings. The third kappa shape index (κ3) is 2.81. The second kappa shape index (κ2) is 5.83. The summed E-state index contributed by atoms with van der Waals surface area (Å²) in [4.78, 5) is 29.4. The number of carbonyl (C=O) groups excluding carboxylic acids is 1. The van der Waals surface area contributed by atoms with Crippen molar-refractivity contribution in [3.05, 3.63) is 42.0 Å². The third-order valence-electron chi connectivity index (χ3n) is 4.34. The standard InChI is InChI=1S/C16H18N4O3/c1-10-5-12(20-9-17-8-18-20)3-4-13(10)15(21)19-6-11(2)14(7-19)16(22)23/h3-5,8-9,11,14H,6-7H2,1-2H3,(H,22,23)/t11-,14-/m1/s1. The van der Waals surface area contributed by atoms with E-state index in [1.807, 2.05) is 26.0 Å². The molecule has 1 amide bonds. The lowest BCUT2D eigenvalue weighted by molar-refractivity contribution is -0.142. The molecule has 2 atom stereocenters. The number of hydrogen-bond donors (Lipinski definition) is 1. The van der Waals surface area contributed by atoms with Crippen molar-refractivity contribution >= 4 is 11.9 Å². The number of aliphatic carboxylic acids is 1. The molecule has 1 saturated heterocycles. The van der Waals surface area contributed by atoms with Crippen LogP contribution in [0.4, 0.5) is 0 Å². The van der Waals surface area contributed by atoms with E-state index in [-0.39, 0.29) is 18.4 Å². The van der Waals surface area contributed by atoms with Crippen LogP contribution in [0.25, 0.3) is 5.69 Å². The summed E-state index contributed by atoms with van der Waals surface area (Å²) < 4.78 is 1.62. The van der Waals surface area contributed by atoms with E-state index in [0.717, 1.165) is 11.3 Å². The molecule has 7 heteroatoms. The highest BCUT2D eigenvalue weighted by molar-refractivity contribution is 5.96. The smallest absolute Gasteiger partial charge is 0.308 e. The molecule has 2 heterocycles. The van der Waals surface area contributed by atoms with Crippen molar-refractivity contribution in [3.8, 4) is 5.69 Å². The first kappa shape index (κ1) is 15.2. The van der Waals surface area contributed by atoms with Crippen LogP contribution in [0.3, 0.4) is 0 Å². The van der Waals surface area contributed by atoms with Gasteiger partial charge in [-0.2, -0.15) is 5.10 Å². The van der Waals surface area contributed by atoms with Crippen LogP contribution in [-0.2, 0) is 4.79 Å². The van der Waals surface area contributed by atoms with Crippen LogP contribution in [-0.4, -0.2) is 49.7 Å². The Balaban J connectivity index is 1.82. The molecule has 1 aromatic carbocycles. The fourth-order valence-electron chi connectivity index (χ4n) is 3.00. The maximum Gasteiger partial charge on any atom is 0.308 e. The topological polar surface area (TPSA) is 88.3 Å². The number of aromatic nitrogens is 3. The predicted octanol–water partition coefficient (Wildman–Crippen LogP) is 1.37. The van der Waals surface area contributed by atoms with Crippen LogP contribution < -0.4 is 0 Å². The minimum atomic E-state index is -0.842. The first-order valence-electron chi connectivity index (χ1n) is 7.45. The Labute approximate surface area is 133 Å². The Morgan fingerprint density at radius 2 is 2.09 bits per heavy atom. The van der Waals surface area contributed by atoms with E-state index in [9.17, 15) is 14.7 Å². The molecule has 0 unspecified atom stereocenters. The highest BCUT2D eigenvalue weighted by Gasteiger charge is 2.37. The van der Waals surface area contributed by atoms with E-state index in [1.165, 1.54) is 6.33 Å². The number of hydrogen-bond acceptors (Lipinski definition) is 4. The van der Waals surface area contributed by atoms with Crippen LogP contribution >= 0.6 is 0 Å². The van der Waals surface area contributed by atoms with Crippen molar-refractivity contribution < 1.29 is 14.7 Å². The maximum absolute atomic E-state index is 12.7. The predicted molar refractivity (Wildman–Crippen MR) is 82.3 cm³/mol. The van der Waals surface area contributed by atoms with Gasteiger partial charge in [0.05, 0.1) is 11.6 Å². The molecule has 0 spiro atoms. The highest BCUT2D eigenvalue weighted by atomic mass is 16.4. The minimum absolute atomic E-state index is 0.0359. The summed E-state index contributed by atoms with van der Waals surface area (Å²) in [6.07, 6.45) is 3.04. The van der Waals surface area contributed by atoms with Gasteiger partial charge in [0.2, 0.25) is 0 Å². The largest absolute Gasteiger partial charge is 0.481 e. The maximum atomic E-state index is 12.7. The van der Waals surface area contributed by atoms with E-state index in [2.05, 4.69) is 10.1 Å². The van der Waals surface area contributed by atoms with Gasteiger partial charge in [-0.15, -0.1) is 0 Å². The number of carboxylic acids is 1. The van der Waals surface area contributed by atoms with E-state index in [1.54, 1.807) is 22.0 Å². The number of carbonyl (C=O) groups is 2. The zero-order chi connectivity index (χ0) is 16.6. The molecule has 1 N–H and O–H groups in total. The van der Waals surface area contributed by atoms with Gasteiger partial charge in [-0.1, -0.05) is 6.92 Å². The van der Waals surface area contributed by atoms with Gasteiger partial charge in [0.1, 0.15) is 12.7 Å². The van der Waals surface area contributed by atoms with Crippen molar-refractivity contribution in [2.24, 2.45) is 11.8 Å². The van der Waals surface area contributed by atoms with Gasteiger partial charge in [0.15, 0.2) is 0 Å². The molecule has 7 nitrogen and oxygen atoms in total. The Hall–Kier alpha value is -2.70. The molecule has 0 aliphatic carbocycles. The first-order chi connectivity index (χ1) is 11.0.